The Kier molecular flexibility index (Phi) is 10.3. The molecule has 0 amide bonds. The van der Waals surface area contributed by atoms with E-state index in [0.29, 0.717) is 17.5 Å². The highest BCUT2D eigenvalue weighted by molar-refractivity contribution is 7.78. The predicted molar refractivity (Wildman–Crippen MR) is 141 cm³/mol. The Labute approximate surface area is 219 Å². The van der Waals surface area contributed by atoms with Gasteiger partial charge < -0.3 is 0 Å². The highest BCUT2D eigenvalue weighted by atomic mass is 32.1. The first-order chi connectivity index (χ1) is 17.9. The van der Waals surface area contributed by atoms with Crippen LogP contribution in [0.25, 0.3) is 0 Å². The zero-order valence-corrected chi connectivity index (χ0v) is 20.8. The number of nitrogens with zero attached hydrogens (tertiary/aromatic N) is 1. The van der Waals surface area contributed by atoms with Crippen LogP contribution in [-0.2, 0) is 0 Å². The van der Waals surface area contributed by atoms with Crippen LogP contribution in [0.2, 0.25) is 0 Å². The molecule has 0 aromatic heterocycles. The molecule has 0 heterocycles. The van der Waals surface area contributed by atoms with E-state index in [-0.39, 0.29) is 16.7 Å². The zero-order chi connectivity index (χ0) is 26.6. The van der Waals surface area contributed by atoms with Crippen LogP contribution in [0.1, 0.15) is 66.8 Å². The normalized spacial score (nSPS) is 9.65. The Morgan fingerprint density at radius 2 is 1.16 bits per heavy atom. The minimum absolute atomic E-state index is 0.123. The van der Waals surface area contributed by atoms with Crippen LogP contribution in [0.3, 0.4) is 0 Å². The molecule has 3 rings (SSSR count). The molecule has 0 aliphatic carbocycles. The number of isothiocyanates is 1. The van der Waals surface area contributed by atoms with E-state index in [0.717, 1.165) is 37.8 Å². The minimum Gasteiger partial charge on any atom is -0.205 e. The molecule has 0 saturated carbocycles. The van der Waals surface area contributed by atoms with E-state index in [9.17, 15) is 17.6 Å². The second kappa shape index (κ2) is 13.8. The molecular weight excluding hydrogens is 494 g/mol. The van der Waals surface area contributed by atoms with Crippen LogP contribution in [0.4, 0.5) is 23.2 Å². The standard InChI is InChI=1S/C31H21F4NS/c1-2-3-4-5-6-7-8-24-17-27(32)26(28(33)18-24)16-15-23-11-9-22(10-12-23)13-14-25-19-29(34)31(36-21-37)30(35)20-25/h9-12,17-20H,2-6H2,1H3. The van der Waals surface area contributed by atoms with E-state index >= 15 is 0 Å². The van der Waals surface area contributed by atoms with Crippen molar-refractivity contribution in [2.24, 2.45) is 4.99 Å². The number of thiocarbonyl (C=S) groups is 1. The molecular formula is C31H21F4NS. The number of hydrogen-bond donors (Lipinski definition) is 0. The van der Waals surface area contributed by atoms with Crippen LogP contribution >= 0.6 is 12.2 Å². The molecule has 3 aromatic carbocycles. The Hall–Kier alpha value is -4.14. The number of benzene rings is 3. The van der Waals surface area contributed by atoms with Gasteiger partial charge in [-0.15, -0.1) is 0 Å². The summed E-state index contributed by atoms with van der Waals surface area (Å²) in [6, 6.07) is 11.0. The van der Waals surface area contributed by atoms with Gasteiger partial charge in [-0.2, -0.15) is 4.99 Å². The lowest BCUT2D eigenvalue weighted by Crippen LogP contribution is -1.92. The molecule has 0 unspecified atom stereocenters. The van der Waals surface area contributed by atoms with Crippen LogP contribution in [0.5, 0.6) is 0 Å². The fraction of sp³-hybridized carbons (Fsp3) is 0.194. The molecule has 37 heavy (non-hydrogen) atoms. The van der Waals surface area contributed by atoms with Gasteiger partial charge in [0.1, 0.15) is 17.3 Å². The highest BCUT2D eigenvalue weighted by Crippen LogP contribution is 2.23. The summed E-state index contributed by atoms with van der Waals surface area (Å²) in [5.41, 5.74) is 0.624. The third-order valence-electron chi connectivity index (χ3n) is 5.17. The first-order valence-electron chi connectivity index (χ1n) is 11.6. The van der Waals surface area contributed by atoms with Crippen molar-refractivity contribution in [2.75, 3.05) is 0 Å². The quantitative estimate of drug-likeness (QED) is 0.110. The van der Waals surface area contributed by atoms with Crippen LogP contribution in [0.15, 0.2) is 53.5 Å². The summed E-state index contributed by atoms with van der Waals surface area (Å²) in [4.78, 5) is 3.35. The number of aliphatic imine (C=N–C) groups is 1. The molecule has 3 aromatic rings. The van der Waals surface area contributed by atoms with E-state index < -0.39 is 29.0 Å². The van der Waals surface area contributed by atoms with Crippen molar-refractivity contribution < 1.29 is 17.6 Å². The first kappa shape index (κ1) is 27.4. The number of unbranched alkanes of at least 4 members (excludes halogenated alkanes) is 4. The van der Waals surface area contributed by atoms with Gasteiger partial charge in [0.15, 0.2) is 11.6 Å². The summed E-state index contributed by atoms with van der Waals surface area (Å²) in [6.07, 6.45) is 5.03. The van der Waals surface area contributed by atoms with E-state index in [1.165, 1.54) is 12.1 Å². The van der Waals surface area contributed by atoms with Crippen LogP contribution in [-0.4, -0.2) is 5.16 Å². The van der Waals surface area contributed by atoms with Gasteiger partial charge in [-0.3, -0.25) is 0 Å². The van der Waals surface area contributed by atoms with Crippen molar-refractivity contribution in [3.8, 4) is 35.5 Å². The molecule has 0 N–H and O–H groups in total. The van der Waals surface area contributed by atoms with E-state index in [1.54, 1.807) is 24.3 Å². The van der Waals surface area contributed by atoms with Gasteiger partial charge in [-0.25, -0.2) is 17.6 Å². The number of hydrogen-bond acceptors (Lipinski definition) is 2. The van der Waals surface area contributed by atoms with Gasteiger partial charge in [0, 0.05) is 28.7 Å². The van der Waals surface area contributed by atoms with E-state index in [1.807, 2.05) is 5.16 Å². The van der Waals surface area contributed by atoms with Crippen molar-refractivity contribution >= 4 is 23.1 Å². The molecule has 0 atom stereocenters. The third kappa shape index (κ3) is 8.20. The summed E-state index contributed by atoms with van der Waals surface area (Å²) in [7, 11) is 0. The fourth-order valence-corrected chi connectivity index (χ4v) is 3.37. The summed E-state index contributed by atoms with van der Waals surface area (Å²) in [6.45, 7) is 2.13. The predicted octanol–water partition coefficient (Wildman–Crippen LogP) is 8.10. The van der Waals surface area contributed by atoms with Crippen molar-refractivity contribution in [3.63, 3.8) is 0 Å². The molecule has 0 bridgehead atoms. The lowest BCUT2D eigenvalue weighted by Gasteiger charge is -1.99. The second-order valence-corrected chi connectivity index (χ2v) is 8.18. The maximum Gasteiger partial charge on any atom is 0.153 e. The van der Waals surface area contributed by atoms with Crippen molar-refractivity contribution in [1.82, 2.24) is 0 Å². The highest BCUT2D eigenvalue weighted by Gasteiger charge is 2.10. The SMILES string of the molecule is CCCCCCC#Cc1cc(F)c(C#Cc2ccc(C#Cc3cc(F)c(N=C=S)c(F)c3)cc2)c(F)c1. The zero-order valence-electron chi connectivity index (χ0n) is 20.0. The third-order valence-corrected chi connectivity index (χ3v) is 5.26. The summed E-state index contributed by atoms with van der Waals surface area (Å²) >= 11 is 4.37. The molecule has 0 spiro atoms. The Balaban J connectivity index is 1.70. The molecule has 184 valence electrons. The summed E-state index contributed by atoms with van der Waals surface area (Å²) in [5, 5.41) is 1.93. The summed E-state index contributed by atoms with van der Waals surface area (Å²) in [5.74, 6) is 13.2. The average Bonchev–Trinajstić information content (AvgIpc) is 2.87. The van der Waals surface area contributed by atoms with Gasteiger partial charge >= 0.3 is 0 Å². The van der Waals surface area contributed by atoms with E-state index in [4.69, 9.17) is 0 Å². The number of rotatable bonds is 5. The lowest BCUT2D eigenvalue weighted by atomic mass is 10.1. The lowest BCUT2D eigenvalue weighted by molar-refractivity contribution is 0.577. The molecule has 0 radical (unpaired) electrons. The van der Waals surface area contributed by atoms with Gasteiger partial charge in [0.05, 0.1) is 10.7 Å². The Bertz CT molecular complexity index is 1470. The van der Waals surface area contributed by atoms with Crippen molar-refractivity contribution in [3.05, 3.63) is 99.6 Å². The van der Waals surface area contributed by atoms with Gasteiger partial charge in [-0.05, 0) is 67.2 Å². The molecule has 0 aliphatic rings. The first-order valence-corrected chi connectivity index (χ1v) is 12.0. The molecule has 0 fully saturated rings. The van der Waals surface area contributed by atoms with Crippen LogP contribution < -0.4 is 0 Å². The maximum absolute atomic E-state index is 14.4. The average molecular weight is 516 g/mol. The monoisotopic (exact) mass is 515 g/mol. The van der Waals surface area contributed by atoms with Crippen LogP contribution in [0, 0.1) is 58.8 Å². The topological polar surface area (TPSA) is 12.4 Å². The smallest absolute Gasteiger partial charge is 0.153 e. The molecule has 1 nitrogen and oxygen atoms in total. The second-order valence-electron chi connectivity index (χ2n) is 8.00. The van der Waals surface area contributed by atoms with E-state index in [2.05, 4.69) is 59.7 Å². The van der Waals surface area contributed by atoms with Gasteiger partial charge in [0.25, 0.3) is 0 Å². The van der Waals surface area contributed by atoms with Gasteiger partial charge in [-0.1, -0.05) is 61.7 Å². The number of halogens is 4. The van der Waals surface area contributed by atoms with Gasteiger partial charge in [0.2, 0.25) is 0 Å². The molecule has 6 heteroatoms. The molecule has 0 aliphatic heterocycles. The largest absolute Gasteiger partial charge is 0.205 e. The van der Waals surface area contributed by atoms with Crippen molar-refractivity contribution in [1.29, 1.82) is 0 Å². The molecule has 0 saturated heterocycles. The summed E-state index contributed by atoms with van der Waals surface area (Å²) < 4.78 is 56.7. The minimum atomic E-state index is -0.894. The Morgan fingerprint density at radius 3 is 1.73 bits per heavy atom. The van der Waals surface area contributed by atoms with Crippen molar-refractivity contribution in [2.45, 2.75) is 39.0 Å². The fourth-order valence-electron chi connectivity index (χ4n) is 3.28. The Morgan fingerprint density at radius 1 is 0.649 bits per heavy atom. The maximum atomic E-state index is 14.4.